The second kappa shape index (κ2) is 7.47. The normalized spacial score (nSPS) is 11.1. The van der Waals surface area contributed by atoms with Gasteiger partial charge >= 0.3 is 0 Å². The predicted octanol–water partition coefficient (Wildman–Crippen LogP) is 3.70. The fourth-order valence-electron chi connectivity index (χ4n) is 3.13. The fourth-order valence-corrected chi connectivity index (χ4v) is 3.86. The molecule has 8 heteroatoms. The van der Waals surface area contributed by atoms with Crippen molar-refractivity contribution in [3.8, 4) is 0 Å². The lowest BCUT2D eigenvalue weighted by molar-refractivity contribution is 0.102. The molecule has 1 amide bonds. The first-order valence-corrected chi connectivity index (χ1v) is 9.82. The van der Waals surface area contributed by atoms with Crippen LogP contribution in [0.15, 0.2) is 36.4 Å². The first-order chi connectivity index (χ1) is 13.5. The zero-order valence-corrected chi connectivity index (χ0v) is 16.7. The number of hydrogen-bond acceptors (Lipinski definition) is 6. The number of carbonyl (C=O) groups is 1. The minimum atomic E-state index is -0.282. The molecule has 4 rings (SSSR count). The van der Waals surface area contributed by atoms with Crippen LogP contribution < -0.4 is 5.32 Å². The van der Waals surface area contributed by atoms with E-state index in [-0.39, 0.29) is 5.91 Å². The highest BCUT2D eigenvalue weighted by molar-refractivity contribution is 7.15. The molecule has 0 atom stereocenters. The molecule has 7 nitrogen and oxygen atoms in total. The van der Waals surface area contributed by atoms with Gasteiger partial charge in [0.05, 0.1) is 11.2 Å². The summed E-state index contributed by atoms with van der Waals surface area (Å²) in [6.07, 6.45) is 0.711. The minimum absolute atomic E-state index is 0.282. The standard InChI is InChI=1S/C20H20N6OS/c1-12-10-17(21-16-7-5-4-6-15(12)16)19(27)22-20-24-23-18(28-20)8-9-26-14(3)11-13(2)25-26/h4-7,10-11H,8-9H2,1-3H3,(H,22,24,27). The van der Waals surface area contributed by atoms with E-state index in [1.165, 1.54) is 11.3 Å². The van der Waals surface area contributed by atoms with Crippen molar-refractivity contribution in [3.05, 3.63) is 64.1 Å². The zero-order valence-electron chi connectivity index (χ0n) is 15.9. The SMILES string of the molecule is Cc1cc(C)n(CCc2nnc(NC(=O)c3cc(C)c4ccccc4n3)s2)n1. The molecule has 3 heterocycles. The van der Waals surface area contributed by atoms with Gasteiger partial charge in [0.1, 0.15) is 10.7 Å². The lowest BCUT2D eigenvalue weighted by Crippen LogP contribution is -2.14. The maximum absolute atomic E-state index is 12.6. The average molecular weight is 392 g/mol. The van der Waals surface area contributed by atoms with Gasteiger partial charge in [-0.25, -0.2) is 4.98 Å². The van der Waals surface area contributed by atoms with Gasteiger partial charge in [-0.05, 0) is 44.5 Å². The number of pyridine rings is 1. The highest BCUT2D eigenvalue weighted by Crippen LogP contribution is 2.20. The van der Waals surface area contributed by atoms with Crippen LogP contribution in [0.1, 0.15) is 32.4 Å². The molecule has 0 fully saturated rings. The molecule has 0 saturated heterocycles. The average Bonchev–Trinajstić information content (AvgIpc) is 3.25. The summed E-state index contributed by atoms with van der Waals surface area (Å²) >= 11 is 1.37. The lowest BCUT2D eigenvalue weighted by Gasteiger charge is -2.05. The van der Waals surface area contributed by atoms with Crippen LogP contribution in [0.5, 0.6) is 0 Å². The number of amides is 1. The summed E-state index contributed by atoms with van der Waals surface area (Å²) in [5.74, 6) is -0.282. The molecule has 28 heavy (non-hydrogen) atoms. The number of nitrogens with one attached hydrogen (secondary N) is 1. The van der Waals surface area contributed by atoms with Crippen molar-refractivity contribution >= 4 is 33.3 Å². The predicted molar refractivity (Wildman–Crippen MR) is 110 cm³/mol. The van der Waals surface area contributed by atoms with E-state index in [9.17, 15) is 4.79 Å². The summed E-state index contributed by atoms with van der Waals surface area (Å²) in [4.78, 5) is 17.1. The van der Waals surface area contributed by atoms with Crippen LogP contribution in [0, 0.1) is 20.8 Å². The van der Waals surface area contributed by atoms with Gasteiger partial charge in [-0.2, -0.15) is 5.10 Å². The van der Waals surface area contributed by atoms with Crippen molar-refractivity contribution in [1.82, 2.24) is 25.0 Å². The molecule has 0 aliphatic rings. The Morgan fingerprint density at radius 3 is 2.75 bits per heavy atom. The molecule has 142 valence electrons. The zero-order chi connectivity index (χ0) is 19.7. The summed E-state index contributed by atoms with van der Waals surface area (Å²) in [5.41, 5.74) is 4.30. The van der Waals surface area contributed by atoms with Crippen molar-refractivity contribution < 1.29 is 4.79 Å². The van der Waals surface area contributed by atoms with Crippen molar-refractivity contribution in [2.75, 3.05) is 5.32 Å². The van der Waals surface area contributed by atoms with E-state index >= 15 is 0 Å². The molecule has 0 radical (unpaired) electrons. The van der Waals surface area contributed by atoms with Gasteiger partial charge in [0.15, 0.2) is 0 Å². The maximum Gasteiger partial charge on any atom is 0.276 e. The topological polar surface area (TPSA) is 85.6 Å². The Morgan fingerprint density at radius 1 is 1.14 bits per heavy atom. The molecule has 0 saturated carbocycles. The highest BCUT2D eigenvalue weighted by atomic mass is 32.1. The van der Waals surface area contributed by atoms with Crippen molar-refractivity contribution in [1.29, 1.82) is 0 Å². The Bertz CT molecular complexity index is 1160. The summed E-state index contributed by atoms with van der Waals surface area (Å²) in [6.45, 7) is 6.71. The Hall–Kier alpha value is -3.13. The fraction of sp³-hybridized carbons (Fsp3) is 0.250. The molecule has 0 bridgehead atoms. The number of rotatable bonds is 5. The monoisotopic (exact) mass is 392 g/mol. The molecule has 1 aromatic carbocycles. The van der Waals surface area contributed by atoms with E-state index in [2.05, 4.69) is 25.6 Å². The van der Waals surface area contributed by atoms with E-state index in [1.54, 1.807) is 6.07 Å². The molecular formula is C20H20N6OS. The Kier molecular flexibility index (Phi) is 4.87. The van der Waals surface area contributed by atoms with Crippen LogP contribution in [-0.2, 0) is 13.0 Å². The maximum atomic E-state index is 12.6. The summed E-state index contributed by atoms with van der Waals surface area (Å²) in [6, 6.07) is 11.6. The van der Waals surface area contributed by atoms with Crippen LogP contribution in [0.4, 0.5) is 5.13 Å². The number of anilines is 1. The Morgan fingerprint density at radius 2 is 1.96 bits per heavy atom. The largest absolute Gasteiger partial charge is 0.295 e. The second-order valence-electron chi connectivity index (χ2n) is 6.70. The third-order valence-corrected chi connectivity index (χ3v) is 5.38. The van der Waals surface area contributed by atoms with Crippen LogP contribution in [-0.4, -0.2) is 30.9 Å². The second-order valence-corrected chi connectivity index (χ2v) is 7.76. The van der Waals surface area contributed by atoms with E-state index < -0.39 is 0 Å². The van der Waals surface area contributed by atoms with Gasteiger partial charge in [0, 0.05) is 24.0 Å². The van der Waals surface area contributed by atoms with Gasteiger partial charge < -0.3 is 0 Å². The molecular weight excluding hydrogens is 372 g/mol. The number of carbonyl (C=O) groups excluding carboxylic acids is 1. The van der Waals surface area contributed by atoms with Gasteiger partial charge in [0.25, 0.3) is 5.91 Å². The van der Waals surface area contributed by atoms with E-state index in [1.807, 2.05) is 55.8 Å². The van der Waals surface area contributed by atoms with E-state index in [0.29, 0.717) is 17.2 Å². The van der Waals surface area contributed by atoms with Crippen molar-refractivity contribution in [2.24, 2.45) is 0 Å². The Labute approximate surface area is 166 Å². The third kappa shape index (κ3) is 3.77. The van der Waals surface area contributed by atoms with Crippen LogP contribution in [0.2, 0.25) is 0 Å². The number of aryl methyl sites for hydroxylation is 5. The number of nitrogens with zero attached hydrogens (tertiary/aromatic N) is 5. The quantitative estimate of drug-likeness (QED) is 0.560. The van der Waals surface area contributed by atoms with Crippen molar-refractivity contribution in [2.45, 2.75) is 33.7 Å². The van der Waals surface area contributed by atoms with Gasteiger partial charge in [-0.3, -0.25) is 14.8 Å². The highest BCUT2D eigenvalue weighted by Gasteiger charge is 2.14. The number of hydrogen-bond donors (Lipinski definition) is 1. The van der Waals surface area contributed by atoms with Gasteiger partial charge in [0.2, 0.25) is 5.13 Å². The number of fused-ring (bicyclic) bond motifs is 1. The van der Waals surface area contributed by atoms with E-state index in [0.717, 1.165) is 39.4 Å². The summed E-state index contributed by atoms with van der Waals surface area (Å²) < 4.78 is 1.96. The first kappa shape index (κ1) is 18.2. The number of benzene rings is 1. The first-order valence-electron chi connectivity index (χ1n) is 9.01. The molecule has 0 spiro atoms. The molecule has 3 aromatic heterocycles. The number of para-hydroxylation sites is 1. The molecule has 1 N–H and O–H groups in total. The van der Waals surface area contributed by atoms with Gasteiger partial charge in [-0.1, -0.05) is 29.5 Å². The smallest absolute Gasteiger partial charge is 0.276 e. The molecule has 4 aromatic rings. The van der Waals surface area contributed by atoms with Gasteiger partial charge in [-0.15, -0.1) is 10.2 Å². The molecule has 0 aliphatic heterocycles. The van der Waals surface area contributed by atoms with Crippen LogP contribution >= 0.6 is 11.3 Å². The van der Waals surface area contributed by atoms with Crippen LogP contribution in [0.3, 0.4) is 0 Å². The lowest BCUT2D eigenvalue weighted by atomic mass is 10.1. The molecule has 0 unspecified atom stereocenters. The minimum Gasteiger partial charge on any atom is -0.295 e. The molecule has 0 aliphatic carbocycles. The van der Waals surface area contributed by atoms with Crippen LogP contribution in [0.25, 0.3) is 10.9 Å². The Balaban J connectivity index is 1.45. The van der Waals surface area contributed by atoms with E-state index in [4.69, 9.17) is 0 Å². The third-order valence-electron chi connectivity index (χ3n) is 4.48. The summed E-state index contributed by atoms with van der Waals surface area (Å²) in [7, 11) is 0. The van der Waals surface area contributed by atoms with Crippen molar-refractivity contribution in [3.63, 3.8) is 0 Å². The summed E-state index contributed by atoms with van der Waals surface area (Å²) in [5, 5.41) is 17.9. The number of aromatic nitrogens is 5.